The molecule has 0 saturated carbocycles. The van der Waals surface area contributed by atoms with Crippen molar-refractivity contribution >= 4 is 6.09 Å². The van der Waals surface area contributed by atoms with Crippen molar-refractivity contribution in [3.05, 3.63) is 18.2 Å². The van der Waals surface area contributed by atoms with Gasteiger partial charge in [0.2, 0.25) is 0 Å². The van der Waals surface area contributed by atoms with E-state index in [1.807, 2.05) is 27.0 Å². The zero-order valence-corrected chi connectivity index (χ0v) is 11.6. The molecule has 6 heteroatoms. The first kappa shape index (κ1) is 12.5. The molecule has 1 unspecified atom stereocenters. The second-order valence-corrected chi connectivity index (χ2v) is 6.53. The Kier molecular flexibility index (Phi) is 2.44. The molecule has 2 N–H and O–H groups in total. The predicted octanol–water partition coefficient (Wildman–Crippen LogP) is 1.23. The van der Waals surface area contributed by atoms with E-state index in [0.717, 1.165) is 12.2 Å². The summed E-state index contributed by atoms with van der Waals surface area (Å²) in [4.78, 5) is 18.0. The Morgan fingerprint density at radius 3 is 2.84 bits per heavy atom. The molecule has 3 heterocycles. The van der Waals surface area contributed by atoms with Crippen LogP contribution in [0.25, 0.3) is 0 Å². The highest BCUT2D eigenvalue weighted by atomic mass is 16.6. The molecule has 1 amide bonds. The second kappa shape index (κ2) is 3.72. The molecule has 19 heavy (non-hydrogen) atoms. The van der Waals surface area contributed by atoms with Crippen molar-refractivity contribution < 1.29 is 9.53 Å². The number of nitrogens with two attached hydrogens (primary N) is 1. The summed E-state index contributed by atoms with van der Waals surface area (Å²) in [5, 5.41) is 0. The predicted molar refractivity (Wildman–Crippen MR) is 69.6 cm³/mol. The maximum absolute atomic E-state index is 12.0. The van der Waals surface area contributed by atoms with Gasteiger partial charge in [0.25, 0.3) is 0 Å². The molecular weight excluding hydrogens is 244 g/mol. The number of nitrogens with zero attached hydrogens (tertiary/aromatic N) is 3. The Bertz CT molecular complexity index is 511. The number of carbonyl (C=O) groups is 1. The van der Waals surface area contributed by atoms with E-state index in [4.69, 9.17) is 10.5 Å². The Morgan fingerprint density at radius 1 is 1.53 bits per heavy atom. The lowest BCUT2D eigenvalue weighted by atomic mass is 9.86. The minimum atomic E-state index is -0.452. The van der Waals surface area contributed by atoms with Crippen molar-refractivity contribution in [3.63, 3.8) is 0 Å². The van der Waals surface area contributed by atoms with Gasteiger partial charge in [0.05, 0.1) is 11.6 Å². The average Bonchev–Trinajstić information content (AvgIpc) is 2.75. The summed E-state index contributed by atoms with van der Waals surface area (Å²) in [7, 11) is 0. The van der Waals surface area contributed by atoms with E-state index in [-0.39, 0.29) is 17.7 Å². The van der Waals surface area contributed by atoms with Gasteiger partial charge in [-0.25, -0.2) is 9.78 Å². The minimum absolute atomic E-state index is 0.0317. The van der Waals surface area contributed by atoms with Crippen LogP contribution in [0.4, 0.5) is 4.79 Å². The third-order valence-corrected chi connectivity index (χ3v) is 3.73. The maximum atomic E-state index is 12.0. The number of hydrogen-bond donors (Lipinski definition) is 1. The fourth-order valence-corrected chi connectivity index (χ4v) is 2.99. The molecule has 0 radical (unpaired) electrons. The fourth-order valence-electron chi connectivity index (χ4n) is 2.99. The lowest BCUT2D eigenvalue weighted by Crippen LogP contribution is -2.63. The summed E-state index contributed by atoms with van der Waals surface area (Å²) in [6.07, 6.45) is 4.32. The molecule has 0 aromatic carbocycles. The van der Waals surface area contributed by atoms with Crippen LogP contribution < -0.4 is 5.73 Å². The third kappa shape index (κ3) is 1.90. The van der Waals surface area contributed by atoms with Crippen molar-refractivity contribution in [2.45, 2.75) is 44.4 Å². The van der Waals surface area contributed by atoms with Crippen molar-refractivity contribution in [3.8, 4) is 0 Å². The molecule has 1 spiro atoms. The summed E-state index contributed by atoms with van der Waals surface area (Å²) in [5.41, 5.74) is 5.56. The molecule has 0 aliphatic carbocycles. The number of aromatic nitrogens is 2. The lowest BCUT2D eigenvalue weighted by molar-refractivity contribution is -0.0273. The number of imidazole rings is 1. The Balaban J connectivity index is 1.69. The maximum Gasteiger partial charge on any atom is 0.410 e. The quantitative estimate of drug-likeness (QED) is 0.765. The topological polar surface area (TPSA) is 73.4 Å². The zero-order valence-electron chi connectivity index (χ0n) is 11.6. The molecule has 104 valence electrons. The van der Waals surface area contributed by atoms with Crippen LogP contribution in [-0.4, -0.2) is 39.2 Å². The number of likely N-dealkylation sites (tertiary alicyclic amines) is 1. The number of ether oxygens (including phenoxy) is 1. The molecule has 1 aromatic rings. The molecule has 2 aliphatic heterocycles. The summed E-state index contributed by atoms with van der Waals surface area (Å²) in [6.45, 7) is 6.93. The monoisotopic (exact) mass is 264 g/mol. The second-order valence-electron chi connectivity index (χ2n) is 6.53. The van der Waals surface area contributed by atoms with Gasteiger partial charge in [0.1, 0.15) is 11.4 Å². The number of hydrogen-bond acceptors (Lipinski definition) is 4. The van der Waals surface area contributed by atoms with Crippen molar-refractivity contribution in [2.75, 3.05) is 13.1 Å². The number of rotatable bonds is 0. The van der Waals surface area contributed by atoms with Crippen LogP contribution in [0.5, 0.6) is 0 Å². The first-order chi connectivity index (χ1) is 8.81. The minimum Gasteiger partial charge on any atom is -0.444 e. The van der Waals surface area contributed by atoms with Gasteiger partial charge >= 0.3 is 6.09 Å². The summed E-state index contributed by atoms with van der Waals surface area (Å²) in [5.74, 6) is 0.920. The summed E-state index contributed by atoms with van der Waals surface area (Å²) in [6, 6.07) is -0.0317. The normalized spacial score (nSPS) is 24.2. The van der Waals surface area contributed by atoms with Gasteiger partial charge in [-0.3, -0.25) is 0 Å². The summed E-state index contributed by atoms with van der Waals surface area (Å²) >= 11 is 0. The molecule has 2 aliphatic rings. The highest BCUT2D eigenvalue weighted by Gasteiger charge is 2.53. The van der Waals surface area contributed by atoms with Crippen LogP contribution in [0.2, 0.25) is 0 Å². The van der Waals surface area contributed by atoms with Crippen LogP contribution in [-0.2, 0) is 10.3 Å². The van der Waals surface area contributed by atoms with Crippen LogP contribution in [0, 0.1) is 0 Å². The van der Waals surface area contributed by atoms with Crippen molar-refractivity contribution in [1.29, 1.82) is 0 Å². The van der Waals surface area contributed by atoms with Crippen molar-refractivity contribution in [2.24, 2.45) is 5.73 Å². The molecule has 1 fully saturated rings. The third-order valence-electron chi connectivity index (χ3n) is 3.73. The first-order valence-electron chi connectivity index (χ1n) is 6.58. The molecule has 1 saturated heterocycles. The molecule has 6 nitrogen and oxygen atoms in total. The van der Waals surface area contributed by atoms with Gasteiger partial charge in [0.15, 0.2) is 0 Å². The lowest BCUT2D eigenvalue weighted by Gasteiger charge is -2.48. The van der Waals surface area contributed by atoms with Gasteiger partial charge in [-0.05, 0) is 27.2 Å². The smallest absolute Gasteiger partial charge is 0.410 e. The van der Waals surface area contributed by atoms with E-state index in [0.29, 0.717) is 13.1 Å². The summed E-state index contributed by atoms with van der Waals surface area (Å²) < 4.78 is 7.50. The highest BCUT2D eigenvalue weighted by molar-refractivity contribution is 5.69. The van der Waals surface area contributed by atoms with Gasteiger partial charge in [0, 0.05) is 25.5 Å². The average molecular weight is 264 g/mol. The van der Waals surface area contributed by atoms with E-state index in [2.05, 4.69) is 9.55 Å². The van der Waals surface area contributed by atoms with E-state index in [1.54, 1.807) is 11.1 Å². The molecular formula is C13H20N4O2. The highest BCUT2D eigenvalue weighted by Crippen LogP contribution is 2.43. The van der Waals surface area contributed by atoms with Gasteiger partial charge < -0.3 is 19.9 Å². The first-order valence-corrected chi connectivity index (χ1v) is 6.58. The van der Waals surface area contributed by atoms with Gasteiger partial charge in [-0.1, -0.05) is 0 Å². The van der Waals surface area contributed by atoms with E-state index < -0.39 is 5.60 Å². The number of amides is 1. The van der Waals surface area contributed by atoms with Crippen LogP contribution in [0.15, 0.2) is 12.4 Å². The SMILES string of the molecule is CC(C)(C)OC(=O)N1CC2(CC(N)c3nccn32)C1. The Morgan fingerprint density at radius 2 is 2.21 bits per heavy atom. The van der Waals surface area contributed by atoms with Crippen molar-refractivity contribution in [1.82, 2.24) is 14.5 Å². The van der Waals surface area contributed by atoms with Gasteiger partial charge in [-0.2, -0.15) is 0 Å². The Hall–Kier alpha value is -1.56. The molecule has 0 bridgehead atoms. The zero-order chi connectivity index (χ0) is 13.8. The van der Waals surface area contributed by atoms with Crippen LogP contribution in [0.1, 0.15) is 39.1 Å². The number of carbonyl (C=O) groups excluding carboxylic acids is 1. The fraction of sp³-hybridized carbons (Fsp3) is 0.692. The van der Waals surface area contributed by atoms with E-state index in [9.17, 15) is 4.79 Å². The Labute approximate surface area is 112 Å². The molecule has 1 aromatic heterocycles. The van der Waals surface area contributed by atoms with Crippen LogP contribution >= 0.6 is 0 Å². The van der Waals surface area contributed by atoms with Crippen LogP contribution in [0.3, 0.4) is 0 Å². The molecule has 1 atom stereocenters. The largest absolute Gasteiger partial charge is 0.444 e. The number of fused-ring (bicyclic) bond motifs is 2. The van der Waals surface area contributed by atoms with E-state index >= 15 is 0 Å². The van der Waals surface area contributed by atoms with E-state index in [1.165, 1.54) is 0 Å². The molecule has 3 rings (SSSR count). The standard InChI is InChI=1S/C13H20N4O2/c1-12(2,3)19-11(18)16-7-13(8-16)6-9(14)10-15-4-5-17(10)13/h4-5,9H,6-8,14H2,1-3H3. The van der Waals surface area contributed by atoms with Gasteiger partial charge in [-0.15, -0.1) is 0 Å².